The highest BCUT2D eigenvalue weighted by molar-refractivity contribution is 5.02. The highest BCUT2D eigenvalue weighted by Gasteiger charge is 2.01. The van der Waals surface area contributed by atoms with Gasteiger partial charge in [0.25, 0.3) is 0 Å². The molecule has 0 aromatic heterocycles. The molecule has 0 N–H and O–H groups in total. The zero-order chi connectivity index (χ0) is 6.57. The molecule has 0 amide bonds. The van der Waals surface area contributed by atoms with Crippen molar-refractivity contribution in [3.05, 3.63) is 17.1 Å². The van der Waals surface area contributed by atoms with Gasteiger partial charge in [0, 0.05) is 0 Å². The van der Waals surface area contributed by atoms with Crippen LogP contribution in [-0.4, -0.2) is 6.04 Å². The molecule has 0 rings (SSSR count). The van der Waals surface area contributed by atoms with E-state index in [1.165, 1.54) is 0 Å². The molecule has 8 heavy (non-hydrogen) atoms. The maximum absolute atomic E-state index is 9.79. The van der Waals surface area contributed by atoms with Gasteiger partial charge in [-0.25, -0.2) is 0 Å². The average Bonchev–Trinajstić information content (AvgIpc) is 1.84. The molecule has 0 fully saturated rings. The zero-order valence-electron chi connectivity index (χ0n) is 5.35. The van der Waals surface area contributed by atoms with Crippen molar-refractivity contribution in [2.24, 2.45) is 5.18 Å². The molecule has 0 aromatic rings. The van der Waals surface area contributed by atoms with Gasteiger partial charge in [0.1, 0.15) is 6.04 Å². The molecule has 46 valence electrons. The first-order valence-electron chi connectivity index (χ1n) is 2.72. The van der Waals surface area contributed by atoms with E-state index in [-0.39, 0.29) is 6.04 Å². The van der Waals surface area contributed by atoms with Crippen molar-refractivity contribution in [3.63, 3.8) is 0 Å². The van der Waals surface area contributed by atoms with Gasteiger partial charge in [-0.05, 0) is 13.3 Å². The lowest BCUT2D eigenvalue weighted by molar-refractivity contribution is 0.813. The van der Waals surface area contributed by atoms with Gasteiger partial charge in [-0.15, -0.1) is 0 Å². The summed E-state index contributed by atoms with van der Waals surface area (Å²) < 4.78 is 0. The first kappa shape index (κ1) is 7.34. The molecule has 1 atom stereocenters. The summed E-state index contributed by atoms with van der Waals surface area (Å²) in [6, 6.07) is -0.208. The molecule has 0 radical (unpaired) electrons. The van der Waals surface area contributed by atoms with Crippen LogP contribution in [0.15, 0.2) is 17.3 Å². The van der Waals surface area contributed by atoms with Gasteiger partial charge in [0.05, 0.1) is 0 Å². The van der Waals surface area contributed by atoms with Crippen LogP contribution >= 0.6 is 0 Å². The molecule has 0 spiro atoms. The lowest BCUT2D eigenvalue weighted by Crippen LogP contribution is -1.97. The molecule has 0 saturated heterocycles. The van der Waals surface area contributed by atoms with E-state index < -0.39 is 0 Å². The summed E-state index contributed by atoms with van der Waals surface area (Å²) in [5, 5.41) is 2.81. The van der Waals surface area contributed by atoms with Crippen LogP contribution in [0.4, 0.5) is 0 Å². The molecular weight excluding hydrogens is 102 g/mol. The molecule has 1 unspecified atom stereocenters. The summed E-state index contributed by atoms with van der Waals surface area (Å²) in [4.78, 5) is 9.79. The second kappa shape index (κ2) is 3.36. The lowest BCUT2D eigenvalue weighted by atomic mass is 10.1. The second-order valence-corrected chi connectivity index (χ2v) is 1.79. The minimum absolute atomic E-state index is 0.208. The molecule has 0 aliphatic heterocycles. The van der Waals surface area contributed by atoms with Crippen LogP contribution in [0.1, 0.15) is 20.3 Å². The van der Waals surface area contributed by atoms with Gasteiger partial charge < -0.3 is 0 Å². The maximum atomic E-state index is 9.79. The minimum Gasteiger partial charge on any atom is -0.150 e. The fourth-order valence-corrected chi connectivity index (χ4v) is 0.370. The van der Waals surface area contributed by atoms with Gasteiger partial charge in [0.2, 0.25) is 0 Å². The standard InChI is InChI=1S/C6H11NO/c1-4-5(2)6(3)7-8/h6H,2,4H2,1,3H3. The van der Waals surface area contributed by atoms with Crippen molar-refractivity contribution >= 4 is 0 Å². The Morgan fingerprint density at radius 2 is 2.38 bits per heavy atom. The Morgan fingerprint density at radius 3 is 2.50 bits per heavy atom. The van der Waals surface area contributed by atoms with Crippen molar-refractivity contribution in [1.29, 1.82) is 0 Å². The fraction of sp³-hybridized carbons (Fsp3) is 0.667. The predicted octanol–water partition coefficient (Wildman–Crippen LogP) is 2.11. The largest absolute Gasteiger partial charge is 0.150 e. The van der Waals surface area contributed by atoms with E-state index in [2.05, 4.69) is 11.8 Å². The number of nitrogens with zero attached hydrogens (tertiary/aromatic N) is 1. The number of hydrogen-bond acceptors (Lipinski definition) is 2. The molecule has 2 nitrogen and oxygen atoms in total. The first-order valence-corrected chi connectivity index (χ1v) is 2.72. The predicted molar refractivity (Wildman–Crippen MR) is 34.7 cm³/mol. The third kappa shape index (κ3) is 1.87. The molecule has 0 aliphatic rings. The summed E-state index contributed by atoms with van der Waals surface area (Å²) >= 11 is 0. The summed E-state index contributed by atoms with van der Waals surface area (Å²) in [5.74, 6) is 0. The third-order valence-corrected chi connectivity index (χ3v) is 1.20. The van der Waals surface area contributed by atoms with Crippen LogP contribution in [0.2, 0.25) is 0 Å². The van der Waals surface area contributed by atoms with E-state index in [0.717, 1.165) is 12.0 Å². The van der Waals surface area contributed by atoms with Crippen LogP contribution in [0, 0.1) is 4.91 Å². The highest BCUT2D eigenvalue weighted by Crippen LogP contribution is 2.05. The van der Waals surface area contributed by atoms with E-state index in [1.54, 1.807) is 6.92 Å². The quantitative estimate of drug-likeness (QED) is 0.407. The van der Waals surface area contributed by atoms with Crippen molar-refractivity contribution in [3.8, 4) is 0 Å². The lowest BCUT2D eigenvalue weighted by Gasteiger charge is -2.00. The van der Waals surface area contributed by atoms with E-state index in [0.29, 0.717) is 0 Å². The van der Waals surface area contributed by atoms with Gasteiger partial charge in [0.15, 0.2) is 0 Å². The Bertz CT molecular complexity index is 98.7. The van der Waals surface area contributed by atoms with Crippen LogP contribution in [0.25, 0.3) is 0 Å². The van der Waals surface area contributed by atoms with E-state index >= 15 is 0 Å². The molecule has 0 saturated carbocycles. The molecular formula is C6H11NO. The SMILES string of the molecule is C=C(CC)C(C)N=O. The summed E-state index contributed by atoms with van der Waals surface area (Å²) in [6.45, 7) is 7.36. The topological polar surface area (TPSA) is 29.4 Å². The van der Waals surface area contributed by atoms with E-state index in [4.69, 9.17) is 0 Å². The Balaban J connectivity index is 3.62. The maximum Gasteiger partial charge on any atom is 0.110 e. The van der Waals surface area contributed by atoms with Gasteiger partial charge in [-0.1, -0.05) is 24.3 Å². The average molecular weight is 113 g/mol. The molecule has 0 aliphatic carbocycles. The zero-order valence-corrected chi connectivity index (χ0v) is 5.35. The second-order valence-electron chi connectivity index (χ2n) is 1.79. The fourth-order valence-electron chi connectivity index (χ4n) is 0.370. The van der Waals surface area contributed by atoms with Crippen LogP contribution in [0.5, 0.6) is 0 Å². The van der Waals surface area contributed by atoms with Crippen molar-refractivity contribution < 1.29 is 0 Å². The number of hydrogen-bond donors (Lipinski definition) is 0. The normalized spacial score (nSPS) is 12.8. The van der Waals surface area contributed by atoms with E-state index in [1.807, 2.05) is 6.92 Å². The minimum atomic E-state index is -0.208. The van der Waals surface area contributed by atoms with Crippen molar-refractivity contribution in [2.75, 3.05) is 0 Å². The summed E-state index contributed by atoms with van der Waals surface area (Å²) in [7, 11) is 0. The van der Waals surface area contributed by atoms with Gasteiger partial charge in [-0.3, -0.25) is 0 Å². The molecule has 2 heteroatoms. The molecule has 0 heterocycles. The Kier molecular flexibility index (Phi) is 3.08. The summed E-state index contributed by atoms with van der Waals surface area (Å²) in [5.41, 5.74) is 0.903. The Labute approximate surface area is 49.6 Å². The molecule has 0 bridgehead atoms. The third-order valence-electron chi connectivity index (χ3n) is 1.20. The van der Waals surface area contributed by atoms with Crippen LogP contribution < -0.4 is 0 Å². The monoisotopic (exact) mass is 113 g/mol. The van der Waals surface area contributed by atoms with Crippen LogP contribution in [-0.2, 0) is 0 Å². The van der Waals surface area contributed by atoms with Crippen molar-refractivity contribution in [1.82, 2.24) is 0 Å². The Hall–Kier alpha value is -0.660. The smallest absolute Gasteiger partial charge is 0.110 e. The highest BCUT2D eigenvalue weighted by atomic mass is 16.3. The van der Waals surface area contributed by atoms with Gasteiger partial charge >= 0.3 is 0 Å². The molecule has 0 aromatic carbocycles. The van der Waals surface area contributed by atoms with Gasteiger partial charge in [-0.2, -0.15) is 4.91 Å². The first-order chi connectivity index (χ1) is 3.72. The Morgan fingerprint density at radius 1 is 1.88 bits per heavy atom. The summed E-state index contributed by atoms with van der Waals surface area (Å²) in [6.07, 6.45) is 0.840. The van der Waals surface area contributed by atoms with Crippen molar-refractivity contribution in [2.45, 2.75) is 26.3 Å². The number of rotatable bonds is 3. The van der Waals surface area contributed by atoms with E-state index in [9.17, 15) is 4.91 Å². The number of nitroso groups, excluding NO2 is 1. The van der Waals surface area contributed by atoms with Crippen LogP contribution in [0.3, 0.4) is 0 Å².